The maximum atomic E-state index is 5.64. The maximum absolute atomic E-state index is 5.64. The molecule has 6 nitrogen and oxygen atoms in total. The first-order chi connectivity index (χ1) is 10.4. The molecule has 0 unspecified atom stereocenters. The van der Waals surface area contributed by atoms with Crippen molar-refractivity contribution in [2.75, 3.05) is 26.0 Å². The summed E-state index contributed by atoms with van der Waals surface area (Å²) in [5.74, 6) is 1.68. The number of nitrogens with one attached hydrogen (secondary N) is 1. The topological polar surface area (TPSA) is 61.2 Å². The van der Waals surface area contributed by atoms with Crippen molar-refractivity contribution in [3.63, 3.8) is 0 Å². The summed E-state index contributed by atoms with van der Waals surface area (Å²) >= 11 is 1.72. The predicted octanol–water partition coefficient (Wildman–Crippen LogP) is 1.56. The normalized spacial score (nSPS) is 13.4. The van der Waals surface area contributed by atoms with E-state index in [1.54, 1.807) is 18.0 Å². The molecule has 1 aromatic carbocycles. The minimum Gasteiger partial charge on any atom is -0.486 e. The number of aromatic nitrogens is 3. The zero-order valence-corrected chi connectivity index (χ0v) is 12.7. The van der Waals surface area contributed by atoms with Crippen LogP contribution in [0.1, 0.15) is 5.56 Å². The maximum Gasteiger partial charge on any atom is 0.162 e. The van der Waals surface area contributed by atoms with E-state index in [0.717, 1.165) is 31.1 Å². The Bertz CT molecular complexity index is 589. The van der Waals surface area contributed by atoms with Crippen molar-refractivity contribution in [2.45, 2.75) is 18.0 Å². The fourth-order valence-electron chi connectivity index (χ4n) is 2.21. The standard InChI is InChI=1S/C14H18N4O2S/c1-21-14-9-13-12(19-6-7-20-13)8-11(14)10-15-2-4-18-5-3-16-17-18/h3,5,8-9,15H,2,4,6-7,10H2,1H3. The second kappa shape index (κ2) is 6.82. The van der Waals surface area contributed by atoms with Gasteiger partial charge in [-0.05, 0) is 24.0 Å². The minimum atomic E-state index is 0.616. The monoisotopic (exact) mass is 306 g/mol. The van der Waals surface area contributed by atoms with Gasteiger partial charge in [0, 0.05) is 24.2 Å². The number of ether oxygens (including phenoxy) is 2. The molecule has 0 amide bonds. The number of rotatable bonds is 6. The summed E-state index contributed by atoms with van der Waals surface area (Å²) in [5, 5.41) is 11.1. The zero-order valence-electron chi connectivity index (χ0n) is 11.9. The first-order valence-corrected chi connectivity index (χ1v) is 8.10. The van der Waals surface area contributed by atoms with Crippen molar-refractivity contribution in [3.8, 4) is 11.5 Å². The molecule has 3 rings (SSSR count). The van der Waals surface area contributed by atoms with E-state index >= 15 is 0 Å². The molecule has 0 spiro atoms. The molecule has 1 N–H and O–H groups in total. The van der Waals surface area contributed by atoms with Crippen LogP contribution in [0, 0.1) is 0 Å². The third-order valence-electron chi connectivity index (χ3n) is 3.25. The molecule has 2 aromatic rings. The summed E-state index contributed by atoms with van der Waals surface area (Å²) in [4.78, 5) is 1.22. The van der Waals surface area contributed by atoms with Gasteiger partial charge in [-0.2, -0.15) is 0 Å². The Morgan fingerprint density at radius 3 is 2.81 bits per heavy atom. The highest BCUT2D eigenvalue weighted by Gasteiger charge is 2.15. The van der Waals surface area contributed by atoms with Gasteiger partial charge in [0.05, 0.1) is 12.7 Å². The Morgan fingerprint density at radius 2 is 2.10 bits per heavy atom. The van der Waals surface area contributed by atoms with Crippen molar-refractivity contribution in [3.05, 3.63) is 30.1 Å². The SMILES string of the molecule is CSc1cc2c(cc1CNCCn1ccnn1)OCCO2. The second-order valence-corrected chi connectivity index (χ2v) is 5.50. The van der Waals surface area contributed by atoms with Crippen molar-refractivity contribution in [2.24, 2.45) is 0 Å². The van der Waals surface area contributed by atoms with Crippen LogP contribution < -0.4 is 14.8 Å². The molecule has 21 heavy (non-hydrogen) atoms. The molecule has 0 fully saturated rings. The Labute approximate surface area is 127 Å². The van der Waals surface area contributed by atoms with E-state index in [1.807, 2.05) is 10.9 Å². The molecule has 7 heteroatoms. The summed E-state index contributed by atoms with van der Waals surface area (Å²) < 4.78 is 13.1. The van der Waals surface area contributed by atoms with Gasteiger partial charge < -0.3 is 14.8 Å². The lowest BCUT2D eigenvalue weighted by molar-refractivity contribution is 0.171. The number of hydrogen-bond acceptors (Lipinski definition) is 6. The van der Waals surface area contributed by atoms with Crippen LogP contribution in [0.3, 0.4) is 0 Å². The zero-order chi connectivity index (χ0) is 14.5. The molecule has 1 aliphatic heterocycles. The van der Waals surface area contributed by atoms with E-state index in [-0.39, 0.29) is 0 Å². The molecule has 1 aliphatic rings. The molecule has 1 aromatic heterocycles. The van der Waals surface area contributed by atoms with Crippen LogP contribution in [0.15, 0.2) is 29.4 Å². The molecule has 0 saturated heterocycles. The molecular weight excluding hydrogens is 288 g/mol. The van der Waals surface area contributed by atoms with Crippen LogP contribution in [-0.2, 0) is 13.1 Å². The average Bonchev–Trinajstić information content (AvgIpc) is 3.04. The molecular formula is C14H18N4O2S. The number of hydrogen-bond donors (Lipinski definition) is 1. The second-order valence-electron chi connectivity index (χ2n) is 4.65. The highest BCUT2D eigenvalue weighted by molar-refractivity contribution is 7.98. The van der Waals surface area contributed by atoms with E-state index in [0.29, 0.717) is 13.2 Å². The molecule has 112 valence electrons. The van der Waals surface area contributed by atoms with Crippen LogP contribution >= 0.6 is 11.8 Å². The average molecular weight is 306 g/mol. The van der Waals surface area contributed by atoms with Crippen molar-refractivity contribution in [1.29, 1.82) is 0 Å². The number of fused-ring (bicyclic) bond motifs is 1. The fraction of sp³-hybridized carbons (Fsp3) is 0.429. The number of thioether (sulfide) groups is 1. The Morgan fingerprint density at radius 1 is 1.29 bits per heavy atom. The van der Waals surface area contributed by atoms with Gasteiger partial charge in [0.1, 0.15) is 13.2 Å². The largest absolute Gasteiger partial charge is 0.486 e. The van der Waals surface area contributed by atoms with Gasteiger partial charge in [-0.3, -0.25) is 4.68 Å². The summed E-state index contributed by atoms with van der Waals surface area (Å²) in [6.45, 7) is 3.67. The fourth-order valence-corrected chi connectivity index (χ4v) is 2.83. The Balaban J connectivity index is 1.61. The molecule has 0 radical (unpaired) electrons. The Kier molecular flexibility index (Phi) is 4.62. The third-order valence-corrected chi connectivity index (χ3v) is 4.07. The molecule has 2 heterocycles. The summed E-state index contributed by atoms with van der Waals surface area (Å²) in [5.41, 5.74) is 1.23. The van der Waals surface area contributed by atoms with E-state index in [9.17, 15) is 0 Å². The van der Waals surface area contributed by atoms with Gasteiger partial charge in [0.25, 0.3) is 0 Å². The van der Waals surface area contributed by atoms with Crippen molar-refractivity contribution < 1.29 is 9.47 Å². The molecule has 0 bridgehead atoms. The number of benzene rings is 1. The van der Waals surface area contributed by atoms with Gasteiger partial charge in [-0.15, -0.1) is 16.9 Å². The number of nitrogens with zero attached hydrogens (tertiary/aromatic N) is 3. The summed E-state index contributed by atoms with van der Waals surface area (Å²) in [6, 6.07) is 4.14. The van der Waals surface area contributed by atoms with E-state index < -0.39 is 0 Å². The highest BCUT2D eigenvalue weighted by Crippen LogP contribution is 2.36. The van der Waals surface area contributed by atoms with Crippen LogP contribution in [0.2, 0.25) is 0 Å². The van der Waals surface area contributed by atoms with Crippen LogP contribution in [-0.4, -0.2) is 41.0 Å². The third kappa shape index (κ3) is 3.48. The lowest BCUT2D eigenvalue weighted by Crippen LogP contribution is -2.21. The highest BCUT2D eigenvalue weighted by atomic mass is 32.2. The van der Waals surface area contributed by atoms with Gasteiger partial charge in [-0.1, -0.05) is 5.21 Å². The smallest absolute Gasteiger partial charge is 0.162 e. The van der Waals surface area contributed by atoms with Crippen LogP contribution in [0.25, 0.3) is 0 Å². The van der Waals surface area contributed by atoms with Gasteiger partial charge in [0.2, 0.25) is 0 Å². The van der Waals surface area contributed by atoms with Crippen LogP contribution in [0.5, 0.6) is 11.5 Å². The van der Waals surface area contributed by atoms with E-state index in [1.165, 1.54) is 10.5 Å². The van der Waals surface area contributed by atoms with Crippen molar-refractivity contribution >= 4 is 11.8 Å². The molecule has 0 aliphatic carbocycles. The molecule has 0 saturated carbocycles. The van der Waals surface area contributed by atoms with Crippen LogP contribution in [0.4, 0.5) is 0 Å². The minimum absolute atomic E-state index is 0.616. The van der Waals surface area contributed by atoms with Gasteiger partial charge >= 0.3 is 0 Å². The van der Waals surface area contributed by atoms with Gasteiger partial charge in [-0.25, -0.2) is 0 Å². The lowest BCUT2D eigenvalue weighted by atomic mass is 10.2. The summed E-state index contributed by atoms with van der Waals surface area (Å²) in [7, 11) is 0. The predicted molar refractivity (Wildman–Crippen MR) is 80.9 cm³/mol. The Hall–Kier alpha value is -1.73. The van der Waals surface area contributed by atoms with Gasteiger partial charge in [0.15, 0.2) is 11.5 Å². The lowest BCUT2D eigenvalue weighted by Gasteiger charge is -2.21. The van der Waals surface area contributed by atoms with E-state index in [4.69, 9.17) is 9.47 Å². The van der Waals surface area contributed by atoms with Crippen molar-refractivity contribution in [1.82, 2.24) is 20.3 Å². The quantitative estimate of drug-likeness (QED) is 0.645. The first-order valence-electron chi connectivity index (χ1n) is 6.88. The summed E-state index contributed by atoms with van der Waals surface area (Å²) in [6.07, 6.45) is 5.62. The first kappa shape index (κ1) is 14.2. The molecule has 0 atom stereocenters. The van der Waals surface area contributed by atoms with E-state index in [2.05, 4.69) is 34.0 Å².